The molecule has 190 valence electrons. The molecule has 0 saturated heterocycles. The molecule has 36 heavy (non-hydrogen) atoms. The second kappa shape index (κ2) is 13.6. The molecule has 1 saturated carbocycles. The van der Waals surface area contributed by atoms with E-state index in [1.807, 2.05) is 55.9 Å². The molecule has 7 nitrogen and oxygen atoms in total. The number of benzene rings is 1. The number of nitrogens with zero attached hydrogens (tertiary/aromatic N) is 4. The number of carbonyl (C=O) groups is 1. The molecule has 0 aliphatic heterocycles. The van der Waals surface area contributed by atoms with Crippen LogP contribution < -0.4 is 10.6 Å². The Hall–Kier alpha value is -3.37. The van der Waals surface area contributed by atoms with E-state index < -0.39 is 6.04 Å². The topological polar surface area (TPSA) is 95.6 Å². The molecule has 0 radical (unpaired) electrons. The van der Waals surface area contributed by atoms with Crippen molar-refractivity contribution in [2.45, 2.75) is 71.9 Å². The summed E-state index contributed by atoms with van der Waals surface area (Å²) < 4.78 is 1.92. The van der Waals surface area contributed by atoms with Gasteiger partial charge in [-0.1, -0.05) is 63.6 Å². The minimum atomic E-state index is -0.424. The highest BCUT2D eigenvalue weighted by Gasteiger charge is 2.25. The largest absolute Gasteiger partial charge is 0.358 e. The third-order valence-electron chi connectivity index (χ3n) is 6.26. The summed E-state index contributed by atoms with van der Waals surface area (Å²) in [6.07, 6.45) is 10.6. The fraction of sp³-hybridized carbons (Fsp3) is 0.429. The number of hydrogen-bond acceptors (Lipinski definition) is 5. The minimum absolute atomic E-state index is 0.0928. The summed E-state index contributed by atoms with van der Waals surface area (Å²) in [4.78, 5) is 22.4. The Balaban J connectivity index is 0.00000176. The van der Waals surface area contributed by atoms with Crippen molar-refractivity contribution in [2.24, 2.45) is 5.92 Å². The van der Waals surface area contributed by atoms with Gasteiger partial charge in [0, 0.05) is 30.0 Å². The number of anilines is 1. The molecule has 1 aliphatic carbocycles. The predicted octanol–water partition coefficient (Wildman–Crippen LogP) is 6.19. The number of aromatic nitrogens is 3. The highest BCUT2D eigenvalue weighted by Crippen LogP contribution is 2.28. The molecule has 3 aromatic rings. The standard InChI is InChI=1S/C26H29ClN6O.C2H6/c1-18-30-24(15-25(31-18)33-11-5-6-12-33)32-23(14-19-7-3-2-4-8-19)26(34)29-17-21-10-9-20(16-28)13-22(21)27;1-2/h5-6,9-13,15,19,23H,2-4,7-8,14,17H2,1H3,(H,29,34)(H,30,31,32);1-2H3/t23-;/m1./s1. The Morgan fingerprint density at radius 3 is 2.56 bits per heavy atom. The lowest BCUT2D eigenvalue weighted by atomic mass is 9.84. The summed E-state index contributed by atoms with van der Waals surface area (Å²) in [6.45, 7) is 6.14. The highest BCUT2D eigenvalue weighted by atomic mass is 35.5. The van der Waals surface area contributed by atoms with E-state index in [0.29, 0.717) is 34.7 Å². The zero-order chi connectivity index (χ0) is 25.9. The number of aryl methyl sites for hydroxylation is 1. The van der Waals surface area contributed by atoms with Gasteiger partial charge in [-0.25, -0.2) is 9.97 Å². The van der Waals surface area contributed by atoms with Crippen molar-refractivity contribution >= 4 is 23.3 Å². The fourth-order valence-corrected chi connectivity index (χ4v) is 4.72. The van der Waals surface area contributed by atoms with Crippen LogP contribution in [0.15, 0.2) is 48.8 Å². The van der Waals surface area contributed by atoms with Gasteiger partial charge < -0.3 is 15.2 Å². The van der Waals surface area contributed by atoms with E-state index in [1.165, 1.54) is 19.3 Å². The fourth-order valence-electron chi connectivity index (χ4n) is 4.48. The Bertz CT molecular complexity index is 1170. The van der Waals surface area contributed by atoms with Gasteiger partial charge in [-0.3, -0.25) is 4.79 Å². The van der Waals surface area contributed by atoms with Gasteiger partial charge in [-0.2, -0.15) is 5.26 Å². The van der Waals surface area contributed by atoms with Crippen molar-refractivity contribution in [3.8, 4) is 11.9 Å². The van der Waals surface area contributed by atoms with E-state index in [9.17, 15) is 4.79 Å². The van der Waals surface area contributed by atoms with Crippen LogP contribution in [0.1, 0.15) is 69.3 Å². The van der Waals surface area contributed by atoms with Crippen molar-refractivity contribution in [1.82, 2.24) is 19.9 Å². The number of nitriles is 1. The summed E-state index contributed by atoms with van der Waals surface area (Å²) in [7, 11) is 0. The third-order valence-corrected chi connectivity index (χ3v) is 6.61. The molecular weight excluding hydrogens is 472 g/mol. The van der Waals surface area contributed by atoms with Gasteiger partial charge in [-0.15, -0.1) is 0 Å². The van der Waals surface area contributed by atoms with E-state index in [-0.39, 0.29) is 5.91 Å². The molecular formula is C28H35ClN6O. The molecule has 0 bridgehead atoms. The van der Waals surface area contributed by atoms with Crippen LogP contribution in [-0.4, -0.2) is 26.5 Å². The van der Waals surface area contributed by atoms with Crippen molar-refractivity contribution in [3.63, 3.8) is 0 Å². The van der Waals surface area contributed by atoms with Crippen LogP contribution in [0.5, 0.6) is 0 Å². The lowest BCUT2D eigenvalue weighted by molar-refractivity contribution is -0.122. The number of halogens is 1. The van der Waals surface area contributed by atoms with E-state index >= 15 is 0 Å². The normalized spacial score (nSPS) is 14.2. The maximum Gasteiger partial charge on any atom is 0.242 e. The summed E-state index contributed by atoms with van der Waals surface area (Å²) >= 11 is 6.30. The lowest BCUT2D eigenvalue weighted by Crippen LogP contribution is -2.41. The summed E-state index contributed by atoms with van der Waals surface area (Å²) in [6, 6.07) is 12.5. The van der Waals surface area contributed by atoms with Crippen LogP contribution >= 0.6 is 11.6 Å². The molecule has 1 aliphatic rings. The molecule has 1 fully saturated rings. The molecule has 1 atom stereocenters. The maximum atomic E-state index is 13.3. The Labute approximate surface area is 218 Å². The predicted molar refractivity (Wildman–Crippen MR) is 144 cm³/mol. The van der Waals surface area contributed by atoms with Gasteiger partial charge >= 0.3 is 0 Å². The zero-order valence-electron chi connectivity index (χ0n) is 21.3. The first-order chi connectivity index (χ1) is 17.5. The first-order valence-electron chi connectivity index (χ1n) is 12.7. The monoisotopic (exact) mass is 506 g/mol. The highest BCUT2D eigenvalue weighted by molar-refractivity contribution is 6.31. The van der Waals surface area contributed by atoms with E-state index in [1.54, 1.807) is 18.2 Å². The summed E-state index contributed by atoms with van der Waals surface area (Å²) in [5.41, 5.74) is 1.27. The molecule has 2 N–H and O–H groups in total. The van der Waals surface area contributed by atoms with Crippen LogP contribution in [0.2, 0.25) is 5.02 Å². The first kappa shape index (κ1) is 27.2. The number of carbonyl (C=O) groups excluding carboxylic acids is 1. The number of nitrogens with one attached hydrogen (secondary N) is 2. The van der Waals surface area contributed by atoms with Crippen molar-refractivity contribution in [2.75, 3.05) is 5.32 Å². The lowest BCUT2D eigenvalue weighted by Gasteiger charge is -2.27. The molecule has 2 heterocycles. The van der Waals surface area contributed by atoms with Gasteiger partial charge in [0.2, 0.25) is 5.91 Å². The first-order valence-corrected chi connectivity index (χ1v) is 13.1. The van der Waals surface area contributed by atoms with E-state index in [0.717, 1.165) is 30.6 Å². The molecule has 4 rings (SSSR count). The van der Waals surface area contributed by atoms with Gasteiger partial charge in [0.1, 0.15) is 23.5 Å². The third kappa shape index (κ3) is 7.56. The average molecular weight is 507 g/mol. The second-order valence-electron chi connectivity index (χ2n) is 8.82. The quantitative estimate of drug-likeness (QED) is 0.379. The molecule has 2 aromatic heterocycles. The van der Waals surface area contributed by atoms with Crippen molar-refractivity contribution < 1.29 is 4.79 Å². The van der Waals surface area contributed by atoms with Crippen LogP contribution in [0.4, 0.5) is 5.82 Å². The molecule has 0 spiro atoms. The zero-order valence-corrected chi connectivity index (χ0v) is 22.1. The second-order valence-corrected chi connectivity index (χ2v) is 9.23. The Kier molecular flexibility index (Phi) is 10.3. The van der Waals surface area contributed by atoms with Gasteiger partial charge in [0.25, 0.3) is 0 Å². The minimum Gasteiger partial charge on any atom is -0.358 e. The number of amides is 1. The molecule has 1 aromatic carbocycles. The van der Waals surface area contributed by atoms with E-state index in [2.05, 4.69) is 26.7 Å². The maximum absolute atomic E-state index is 13.3. The molecule has 0 unspecified atom stereocenters. The summed E-state index contributed by atoms with van der Waals surface area (Å²) in [5.74, 6) is 2.42. The average Bonchev–Trinajstić information content (AvgIpc) is 3.44. The smallest absolute Gasteiger partial charge is 0.242 e. The van der Waals surface area contributed by atoms with Crippen molar-refractivity contribution in [3.05, 3.63) is 70.8 Å². The van der Waals surface area contributed by atoms with Gasteiger partial charge in [0.15, 0.2) is 0 Å². The Morgan fingerprint density at radius 1 is 1.17 bits per heavy atom. The van der Waals surface area contributed by atoms with Crippen molar-refractivity contribution in [1.29, 1.82) is 5.26 Å². The molecule has 1 amide bonds. The summed E-state index contributed by atoms with van der Waals surface area (Å²) in [5, 5.41) is 15.9. The van der Waals surface area contributed by atoms with Crippen LogP contribution in [-0.2, 0) is 11.3 Å². The van der Waals surface area contributed by atoms with E-state index in [4.69, 9.17) is 16.9 Å². The van der Waals surface area contributed by atoms with Crippen LogP contribution in [0.3, 0.4) is 0 Å². The molecule has 8 heteroatoms. The van der Waals surface area contributed by atoms with Crippen LogP contribution in [0.25, 0.3) is 5.82 Å². The van der Waals surface area contributed by atoms with Crippen LogP contribution in [0, 0.1) is 24.2 Å². The SMILES string of the molecule is CC.Cc1nc(N[C@H](CC2CCCCC2)C(=O)NCc2ccc(C#N)cc2Cl)cc(-n2cccc2)n1. The van der Waals surface area contributed by atoms with Gasteiger partial charge in [0.05, 0.1) is 11.6 Å². The Morgan fingerprint density at radius 2 is 1.89 bits per heavy atom. The number of hydrogen-bond donors (Lipinski definition) is 2. The van der Waals surface area contributed by atoms with Gasteiger partial charge in [-0.05, 0) is 49.1 Å². The number of rotatable bonds is 8.